The normalized spacial score (nSPS) is 40.3. The predicted octanol–water partition coefficient (Wildman–Crippen LogP) is 2.08. The van der Waals surface area contributed by atoms with Crippen molar-refractivity contribution in [1.29, 1.82) is 0 Å². The van der Waals surface area contributed by atoms with E-state index in [1.54, 1.807) is 7.11 Å². The Bertz CT molecular complexity index is 870. The van der Waals surface area contributed by atoms with Crippen LogP contribution in [0.3, 0.4) is 0 Å². The number of nitrogens with zero attached hydrogens (tertiary/aromatic N) is 1. The largest absolute Gasteiger partial charge is 0.497 e. The molecule has 3 heterocycles. The number of esters is 1. The van der Waals surface area contributed by atoms with Crippen molar-refractivity contribution >= 4 is 11.7 Å². The molecule has 28 heavy (non-hydrogen) atoms. The van der Waals surface area contributed by atoms with Crippen LogP contribution in [0, 0.1) is 5.41 Å². The first-order chi connectivity index (χ1) is 13.4. The van der Waals surface area contributed by atoms with Gasteiger partial charge in [-0.25, -0.2) is 4.79 Å². The summed E-state index contributed by atoms with van der Waals surface area (Å²) in [6, 6.07) is 5.91. The molecule has 6 heteroatoms. The van der Waals surface area contributed by atoms with Gasteiger partial charge in [0.1, 0.15) is 5.75 Å². The third-order valence-electron chi connectivity index (χ3n) is 7.82. The van der Waals surface area contributed by atoms with E-state index in [1.807, 2.05) is 12.1 Å². The number of carbonyl (C=O) groups excluding carboxylic acids is 1. The molecule has 1 spiro atoms. The van der Waals surface area contributed by atoms with Crippen molar-refractivity contribution in [2.24, 2.45) is 5.41 Å². The highest BCUT2D eigenvalue weighted by Crippen LogP contribution is 2.65. The highest BCUT2D eigenvalue weighted by Gasteiger charge is 2.73. The van der Waals surface area contributed by atoms with Crippen LogP contribution >= 0.6 is 0 Å². The third-order valence-corrected chi connectivity index (χ3v) is 7.82. The minimum Gasteiger partial charge on any atom is -0.497 e. The van der Waals surface area contributed by atoms with Crippen LogP contribution in [0.2, 0.25) is 0 Å². The molecule has 1 aromatic carbocycles. The van der Waals surface area contributed by atoms with Gasteiger partial charge in [0.05, 0.1) is 20.3 Å². The SMILES string of the molecule is CC[C@]12C=CCN3CC[C@@]4(c5ccc(OC)cc5N[C@H]4[C@@](O)(C(=O)OC)C1)[C@@H]32. The van der Waals surface area contributed by atoms with Crippen molar-refractivity contribution in [2.75, 3.05) is 32.6 Å². The molecule has 5 rings (SSSR count). The zero-order valence-corrected chi connectivity index (χ0v) is 16.7. The van der Waals surface area contributed by atoms with Crippen molar-refractivity contribution in [3.8, 4) is 5.75 Å². The summed E-state index contributed by atoms with van der Waals surface area (Å²) in [5.74, 6) is 0.218. The first-order valence-electron chi connectivity index (χ1n) is 10.1. The van der Waals surface area contributed by atoms with Gasteiger partial charge in [-0.1, -0.05) is 25.1 Å². The van der Waals surface area contributed by atoms with Gasteiger partial charge in [0.25, 0.3) is 0 Å². The molecule has 1 aliphatic carbocycles. The summed E-state index contributed by atoms with van der Waals surface area (Å²) in [7, 11) is 3.01. The maximum absolute atomic E-state index is 12.9. The smallest absolute Gasteiger partial charge is 0.340 e. The van der Waals surface area contributed by atoms with Crippen LogP contribution in [0.1, 0.15) is 31.7 Å². The maximum atomic E-state index is 12.9. The van der Waals surface area contributed by atoms with Gasteiger partial charge in [-0.3, -0.25) is 4.90 Å². The first-order valence-corrected chi connectivity index (χ1v) is 10.1. The molecule has 4 aliphatic rings. The summed E-state index contributed by atoms with van der Waals surface area (Å²) in [5.41, 5.74) is -0.0671. The molecule has 3 aliphatic heterocycles. The molecule has 2 N–H and O–H groups in total. The number of hydrogen-bond donors (Lipinski definition) is 2. The van der Waals surface area contributed by atoms with E-state index in [2.05, 4.69) is 35.4 Å². The molecule has 5 atom stereocenters. The maximum Gasteiger partial charge on any atom is 0.340 e. The standard InChI is InChI=1S/C22H28N2O4/c1-4-20-8-5-10-24-11-9-21(18(20)24)15-7-6-14(27-2)12-16(15)23-17(21)22(26,13-20)19(25)28-3/h5-8,12,17-18,23,26H,4,9-11,13H2,1-3H3/t17-,18+,20+,21+,22-/m1/s1. The van der Waals surface area contributed by atoms with Gasteiger partial charge in [0.2, 0.25) is 0 Å². The molecular formula is C22H28N2O4. The minimum absolute atomic E-state index is 0.243. The van der Waals surface area contributed by atoms with Crippen molar-refractivity contribution in [3.63, 3.8) is 0 Å². The molecule has 1 saturated carbocycles. The highest BCUT2D eigenvalue weighted by atomic mass is 16.5. The lowest BCUT2D eigenvalue weighted by Gasteiger charge is -2.59. The van der Waals surface area contributed by atoms with Gasteiger partial charge in [0.15, 0.2) is 5.60 Å². The molecule has 0 aromatic heterocycles. The average molecular weight is 384 g/mol. The van der Waals surface area contributed by atoms with Gasteiger partial charge < -0.3 is 19.9 Å². The van der Waals surface area contributed by atoms with Gasteiger partial charge in [-0.2, -0.15) is 0 Å². The number of carbonyl (C=O) groups is 1. The number of hydrogen-bond acceptors (Lipinski definition) is 6. The molecular weight excluding hydrogens is 356 g/mol. The molecule has 1 aromatic rings. The van der Waals surface area contributed by atoms with E-state index in [-0.39, 0.29) is 16.9 Å². The summed E-state index contributed by atoms with van der Waals surface area (Å²) in [6.07, 6.45) is 6.59. The van der Waals surface area contributed by atoms with Crippen LogP contribution in [-0.2, 0) is 14.9 Å². The minimum atomic E-state index is -1.59. The Morgan fingerprint density at radius 2 is 2.21 bits per heavy atom. The molecule has 1 saturated heterocycles. The molecule has 2 fully saturated rings. The van der Waals surface area contributed by atoms with Crippen LogP contribution < -0.4 is 10.1 Å². The number of rotatable bonds is 3. The number of fused-ring (bicyclic) bond motifs is 1. The fourth-order valence-electron chi connectivity index (χ4n) is 6.81. The number of ether oxygens (including phenoxy) is 2. The lowest BCUT2D eigenvalue weighted by atomic mass is 9.49. The van der Waals surface area contributed by atoms with E-state index in [4.69, 9.17) is 9.47 Å². The van der Waals surface area contributed by atoms with E-state index < -0.39 is 17.6 Å². The lowest BCUT2D eigenvalue weighted by molar-refractivity contribution is -0.179. The average Bonchev–Trinajstić information content (AvgIpc) is 3.28. The van der Waals surface area contributed by atoms with Crippen LogP contribution in [0.4, 0.5) is 5.69 Å². The van der Waals surface area contributed by atoms with Crippen molar-refractivity contribution in [3.05, 3.63) is 35.9 Å². The molecule has 0 amide bonds. The summed E-state index contributed by atoms with van der Waals surface area (Å²) in [6.45, 7) is 4.04. The molecule has 0 bridgehead atoms. The summed E-state index contributed by atoms with van der Waals surface area (Å²) < 4.78 is 10.5. The number of anilines is 1. The van der Waals surface area contributed by atoms with Crippen LogP contribution in [0.25, 0.3) is 0 Å². The zero-order valence-electron chi connectivity index (χ0n) is 16.7. The Morgan fingerprint density at radius 1 is 1.39 bits per heavy atom. The van der Waals surface area contributed by atoms with Crippen LogP contribution in [0.5, 0.6) is 5.75 Å². The zero-order chi connectivity index (χ0) is 19.7. The van der Waals surface area contributed by atoms with Crippen molar-refractivity contribution < 1.29 is 19.4 Å². The van der Waals surface area contributed by atoms with Gasteiger partial charge >= 0.3 is 5.97 Å². The first kappa shape index (κ1) is 18.0. The lowest BCUT2D eigenvalue weighted by Crippen LogP contribution is -2.73. The topological polar surface area (TPSA) is 71.0 Å². The summed E-state index contributed by atoms with van der Waals surface area (Å²) >= 11 is 0. The third kappa shape index (κ3) is 1.93. The van der Waals surface area contributed by atoms with E-state index in [0.717, 1.165) is 37.4 Å². The molecule has 0 unspecified atom stereocenters. The number of nitrogens with one attached hydrogen (secondary N) is 1. The molecule has 0 radical (unpaired) electrons. The van der Waals surface area contributed by atoms with E-state index >= 15 is 0 Å². The summed E-state index contributed by atoms with van der Waals surface area (Å²) in [4.78, 5) is 15.5. The van der Waals surface area contributed by atoms with E-state index in [0.29, 0.717) is 6.42 Å². The molecule has 150 valence electrons. The second kappa shape index (κ2) is 5.74. The van der Waals surface area contributed by atoms with E-state index in [1.165, 1.54) is 12.7 Å². The summed E-state index contributed by atoms with van der Waals surface area (Å²) in [5, 5.41) is 15.4. The van der Waals surface area contributed by atoms with Gasteiger partial charge in [-0.15, -0.1) is 0 Å². The number of benzene rings is 1. The predicted molar refractivity (Wildman–Crippen MR) is 106 cm³/mol. The van der Waals surface area contributed by atoms with Crippen molar-refractivity contribution in [1.82, 2.24) is 4.90 Å². The fourth-order valence-corrected chi connectivity index (χ4v) is 6.81. The highest BCUT2D eigenvalue weighted by molar-refractivity contribution is 5.84. The Kier molecular flexibility index (Phi) is 3.69. The second-order valence-corrected chi connectivity index (χ2v) is 8.76. The van der Waals surface area contributed by atoms with Crippen LogP contribution in [0.15, 0.2) is 30.4 Å². The monoisotopic (exact) mass is 384 g/mol. The Morgan fingerprint density at radius 3 is 2.93 bits per heavy atom. The van der Waals surface area contributed by atoms with Crippen LogP contribution in [-0.4, -0.2) is 61.0 Å². The molecule has 6 nitrogen and oxygen atoms in total. The van der Waals surface area contributed by atoms with Crippen molar-refractivity contribution in [2.45, 2.75) is 49.3 Å². The Hall–Kier alpha value is -2.05. The second-order valence-electron chi connectivity index (χ2n) is 8.76. The Labute approximate surface area is 165 Å². The van der Waals surface area contributed by atoms with Gasteiger partial charge in [-0.05, 0) is 37.4 Å². The van der Waals surface area contributed by atoms with E-state index in [9.17, 15) is 9.90 Å². The van der Waals surface area contributed by atoms with Gasteiger partial charge in [0, 0.05) is 35.2 Å². The number of methoxy groups -OCH3 is 2. The Balaban J connectivity index is 1.78. The number of aliphatic hydroxyl groups is 1. The fraction of sp³-hybridized carbons (Fsp3) is 0.591. The quantitative estimate of drug-likeness (QED) is 0.614.